The third-order valence-electron chi connectivity index (χ3n) is 2.74. The quantitative estimate of drug-likeness (QED) is 0.889. The number of hydrogen-bond donors (Lipinski definition) is 1. The van der Waals surface area contributed by atoms with Crippen molar-refractivity contribution in [1.82, 2.24) is 0 Å². The summed E-state index contributed by atoms with van der Waals surface area (Å²) in [4.78, 5) is 12.0. The van der Waals surface area contributed by atoms with E-state index < -0.39 is 5.97 Å². The first-order valence-electron chi connectivity index (χ1n) is 5.73. The highest BCUT2D eigenvalue weighted by Gasteiger charge is 2.22. The summed E-state index contributed by atoms with van der Waals surface area (Å²) in [5.41, 5.74) is 1.44. The van der Waals surface area contributed by atoms with Gasteiger partial charge in [-0.15, -0.1) is 11.8 Å². The van der Waals surface area contributed by atoms with Crippen molar-refractivity contribution in [3.05, 3.63) is 29.8 Å². The highest BCUT2D eigenvalue weighted by molar-refractivity contribution is 8.03. The van der Waals surface area contributed by atoms with E-state index >= 15 is 0 Å². The number of carboxylic acid groups (broad SMARTS) is 1. The Hall–Kier alpha value is -0.610. The number of aliphatic carboxylic acids is 1. The van der Waals surface area contributed by atoms with Gasteiger partial charge < -0.3 is 5.11 Å². The molecule has 1 aliphatic heterocycles. The van der Waals surface area contributed by atoms with Crippen molar-refractivity contribution in [2.75, 3.05) is 5.75 Å². The molecule has 1 aliphatic rings. The van der Waals surface area contributed by atoms with Gasteiger partial charge in [0.15, 0.2) is 0 Å². The molecular weight excluding hydrogens is 252 g/mol. The van der Waals surface area contributed by atoms with Gasteiger partial charge in [-0.05, 0) is 18.1 Å². The molecule has 0 aliphatic carbocycles. The summed E-state index contributed by atoms with van der Waals surface area (Å²) in [6.07, 6.45) is 1.38. The summed E-state index contributed by atoms with van der Waals surface area (Å²) in [7, 11) is 0. The third-order valence-corrected chi connectivity index (χ3v) is 5.60. The van der Waals surface area contributed by atoms with E-state index in [2.05, 4.69) is 24.3 Å². The molecule has 92 valence electrons. The molecule has 0 aromatic heterocycles. The van der Waals surface area contributed by atoms with Gasteiger partial charge in [0.1, 0.15) is 0 Å². The lowest BCUT2D eigenvalue weighted by Gasteiger charge is -2.12. The van der Waals surface area contributed by atoms with Crippen LogP contribution in [0.25, 0.3) is 0 Å². The van der Waals surface area contributed by atoms with Crippen molar-refractivity contribution in [3.63, 3.8) is 0 Å². The fraction of sp³-hybridized carbons (Fsp3) is 0.462. The van der Waals surface area contributed by atoms with Crippen LogP contribution in [0.2, 0.25) is 0 Å². The van der Waals surface area contributed by atoms with Crippen LogP contribution in [0, 0.1) is 0 Å². The summed E-state index contributed by atoms with van der Waals surface area (Å²) in [6, 6.07) is 8.52. The maximum absolute atomic E-state index is 10.6. The van der Waals surface area contributed by atoms with E-state index in [1.165, 1.54) is 10.5 Å². The molecule has 0 radical (unpaired) electrons. The Bertz CT molecular complexity index is 381. The largest absolute Gasteiger partial charge is 0.481 e. The van der Waals surface area contributed by atoms with Crippen LogP contribution in [0.1, 0.15) is 18.9 Å². The molecular formula is C13H16O2S2. The Morgan fingerprint density at radius 3 is 3.06 bits per heavy atom. The summed E-state index contributed by atoms with van der Waals surface area (Å²) in [6.45, 7) is 1.99. The summed E-state index contributed by atoms with van der Waals surface area (Å²) in [5.74, 6) is 0.334. The summed E-state index contributed by atoms with van der Waals surface area (Å²) >= 11 is 3.70. The van der Waals surface area contributed by atoms with Crippen LogP contribution in [0.15, 0.2) is 29.2 Å². The predicted octanol–water partition coefficient (Wildman–Crippen LogP) is 3.30. The number of thioether (sulfide) groups is 2. The van der Waals surface area contributed by atoms with E-state index in [1.807, 2.05) is 18.7 Å². The first kappa shape index (κ1) is 12.8. The van der Waals surface area contributed by atoms with Crippen LogP contribution in [0.4, 0.5) is 0 Å². The maximum atomic E-state index is 10.6. The standard InChI is InChI=1S/C13H16O2S2/c1-9(6-13(14)15)16-8-11-7-10-4-2-3-5-12(10)17-11/h2-5,9,11H,6-8H2,1H3,(H,14,15). The smallest absolute Gasteiger partial charge is 0.304 e. The molecule has 0 saturated heterocycles. The van der Waals surface area contributed by atoms with E-state index in [0.717, 1.165) is 12.2 Å². The molecule has 1 N–H and O–H groups in total. The van der Waals surface area contributed by atoms with Gasteiger partial charge >= 0.3 is 5.97 Å². The lowest BCUT2D eigenvalue weighted by Crippen LogP contribution is -2.11. The Balaban J connectivity index is 1.78. The Morgan fingerprint density at radius 2 is 2.35 bits per heavy atom. The molecule has 2 rings (SSSR count). The minimum Gasteiger partial charge on any atom is -0.481 e. The van der Waals surface area contributed by atoms with E-state index in [9.17, 15) is 4.79 Å². The van der Waals surface area contributed by atoms with E-state index in [4.69, 9.17) is 5.11 Å². The number of rotatable bonds is 5. The number of carbonyl (C=O) groups is 1. The molecule has 4 heteroatoms. The topological polar surface area (TPSA) is 37.3 Å². The molecule has 2 atom stereocenters. The Kier molecular flexibility index (Phi) is 4.40. The highest BCUT2D eigenvalue weighted by Crippen LogP contribution is 2.38. The lowest BCUT2D eigenvalue weighted by molar-refractivity contribution is -0.136. The fourth-order valence-electron chi connectivity index (χ4n) is 1.92. The maximum Gasteiger partial charge on any atom is 0.304 e. The second-order valence-electron chi connectivity index (χ2n) is 4.29. The zero-order chi connectivity index (χ0) is 12.3. The zero-order valence-corrected chi connectivity index (χ0v) is 11.4. The molecule has 0 saturated carbocycles. The van der Waals surface area contributed by atoms with Crippen molar-refractivity contribution < 1.29 is 9.90 Å². The number of hydrogen-bond acceptors (Lipinski definition) is 3. The number of benzene rings is 1. The van der Waals surface area contributed by atoms with Gasteiger partial charge in [-0.1, -0.05) is 25.1 Å². The Labute approximate surface area is 110 Å². The summed E-state index contributed by atoms with van der Waals surface area (Å²) < 4.78 is 0. The van der Waals surface area contributed by atoms with Gasteiger partial charge in [0.05, 0.1) is 6.42 Å². The van der Waals surface area contributed by atoms with Gasteiger partial charge in [-0.2, -0.15) is 11.8 Å². The van der Waals surface area contributed by atoms with Crippen LogP contribution >= 0.6 is 23.5 Å². The highest BCUT2D eigenvalue weighted by atomic mass is 32.2. The summed E-state index contributed by atoms with van der Waals surface area (Å²) in [5, 5.41) is 9.51. The molecule has 0 amide bonds. The minimum absolute atomic E-state index is 0.205. The molecule has 1 aromatic carbocycles. The van der Waals surface area contributed by atoms with Gasteiger partial charge in [0.2, 0.25) is 0 Å². The monoisotopic (exact) mass is 268 g/mol. The third kappa shape index (κ3) is 3.68. The molecule has 1 heterocycles. The van der Waals surface area contributed by atoms with Crippen LogP contribution in [0.5, 0.6) is 0 Å². The van der Waals surface area contributed by atoms with Gasteiger partial charge in [-0.3, -0.25) is 4.79 Å². The van der Waals surface area contributed by atoms with E-state index in [0.29, 0.717) is 5.25 Å². The minimum atomic E-state index is -0.702. The van der Waals surface area contributed by atoms with Crippen LogP contribution < -0.4 is 0 Å². The molecule has 0 fully saturated rings. The van der Waals surface area contributed by atoms with E-state index in [-0.39, 0.29) is 11.7 Å². The van der Waals surface area contributed by atoms with Gasteiger partial charge in [-0.25, -0.2) is 0 Å². The second-order valence-corrected chi connectivity index (χ2v) is 7.11. The van der Waals surface area contributed by atoms with Crippen LogP contribution in [-0.4, -0.2) is 27.3 Å². The van der Waals surface area contributed by atoms with Crippen molar-refractivity contribution in [2.24, 2.45) is 0 Å². The van der Waals surface area contributed by atoms with E-state index in [1.54, 1.807) is 11.8 Å². The van der Waals surface area contributed by atoms with Gasteiger partial charge in [0.25, 0.3) is 0 Å². The molecule has 2 unspecified atom stereocenters. The van der Waals surface area contributed by atoms with Crippen molar-refractivity contribution in [1.29, 1.82) is 0 Å². The predicted molar refractivity (Wildman–Crippen MR) is 74.0 cm³/mol. The molecule has 0 bridgehead atoms. The Morgan fingerprint density at radius 1 is 1.59 bits per heavy atom. The molecule has 1 aromatic rings. The second kappa shape index (κ2) is 5.83. The average Bonchev–Trinajstić information content (AvgIpc) is 2.68. The van der Waals surface area contributed by atoms with Crippen LogP contribution in [0.3, 0.4) is 0 Å². The zero-order valence-electron chi connectivity index (χ0n) is 9.76. The number of fused-ring (bicyclic) bond motifs is 1. The molecule has 0 spiro atoms. The lowest BCUT2D eigenvalue weighted by atomic mass is 10.1. The van der Waals surface area contributed by atoms with Crippen molar-refractivity contribution in [3.8, 4) is 0 Å². The number of carboxylic acids is 1. The first-order chi connectivity index (χ1) is 8.15. The van der Waals surface area contributed by atoms with Crippen LogP contribution in [-0.2, 0) is 11.2 Å². The molecule has 17 heavy (non-hydrogen) atoms. The average molecular weight is 268 g/mol. The van der Waals surface area contributed by atoms with Gasteiger partial charge in [0, 0.05) is 21.1 Å². The first-order valence-corrected chi connectivity index (χ1v) is 7.66. The fourth-order valence-corrected chi connectivity index (χ4v) is 4.43. The SMILES string of the molecule is CC(CC(=O)O)SCC1Cc2ccccc2S1. The normalized spacial score (nSPS) is 19.9. The van der Waals surface area contributed by atoms with Crippen molar-refractivity contribution in [2.45, 2.75) is 35.2 Å². The molecule has 2 nitrogen and oxygen atoms in total. The van der Waals surface area contributed by atoms with Crippen molar-refractivity contribution >= 4 is 29.5 Å².